The molecule has 0 amide bonds. The molecule has 0 aliphatic carbocycles. The fraction of sp³-hybridized carbons (Fsp3) is 0.0526. The van der Waals surface area contributed by atoms with Crippen molar-refractivity contribution in [3.8, 4) is 11.8 Å². The lowest BCUT2D eigenvalue weighted by Gasteiger charge is -2.09. The molecule has 0 aliphatic heterocycles. The lowest BCUT2D eigenvalue weighted by Crippen LogP contribution is -2.04. The summed E-state index contributed by atoms with van der Waals surface area (Å²) < 4.78 is 0. The number of nitrogens with one attached hydrogen (secondary N) is 1. The number of rotatable bonds is 5. The van der Waals surface area contributed by atoms with E-state index in [1.165, 1.54) is 12.4 Å². The molecule has 1 unspecified atom stereocenters. The Balaban J connectivity index is 1.78. The summed E-state index contributed by atoms with van der Waals surface area (Å²) in [5.74, 6) is 0.0551. The number of hydrogen-bond acceptors (Lipinski definition) is 6. The Labute approximate surface area is 145 Å². The van der Waals surface area contributed by atoms with Gasteiger partial charge in [0, 0.05) is 5.56 Å². The maximum absolute atomic E-state index is 9.70. The number of benzene rings is 2. The topological polar surface area (TPSA) is 94.2 Å². The van der Waals surface area contributed by atoms with Crippen LogP contribution in [0.1, 0.15) is 22.7 Å². The first-order chi connectivity index (χ1) is 12.3. The zero-order chi connectivity index (χ0) is 17.5. The second kappa shape index (κ2) is 7.70. The van der Waals surface area contributed by atoms with Crippen LogP contribution in [-0.2, 0) is 0 Å². The van der Waals surface area contributed by atoms with E-state index in [4.69, 9.17) is 0 Å². The number of para-hydroxylation sites is 1. The van der Waals surface area contributed by atoms with Crippen molar-refractivity contribution >= 4 is 12.0 Å². The summed E-state index contributed by atoms with van der Waals surface area (Å²) in [5, 5.41) is 23.2. The molecule has 0 saturated heterocycles. The Morgan fingerprint density at radius 1 is 1.08 bits per heavy atom. The molecular formula is C19H15N5O. The Kier molecular flexibility index (Phi) is 4.98. The maximum atomic E-state index is 9.70. The zero-order valence-electron chi connectivity index (χ0n) is 13.2. The molecule has 3 rings (SSSR count). The normalized spacial score (nSPS) is 11.8. The van der Waals surface area contributed by atoms with Crippen LogP contribution in [-0.4, -0.2) is 21.3 Å². The summed E-state index contributed by atoms with van der Waals surface area (Å²) in [4.78, 5) is 8.52. The number of hydrazone groups is 1. The first-order valence-electron chi connectivity index (χ1n) is 7.61. The van der Waals surface area contributed by atoms with Crippen molar-refractivity contribution in [1.82, 2.24) is 9.97 Å². The highest BCUT2D eigenvalue weighted by atomic mass is 16.3. The molecule has 1 atom stereocenters. The fourth-order valence-electron chi connectivity index (χ4n) is 2.30. The van der Waals surface area contributed by atoms with Gasteiger partial charge < -0.3 is 5.11 Å². The first-order valence-corrected chi connectivity index (χ1v) is 7.61. The van der Waals surface area contributed by atoms with Crippen LogP contribution in [0.2, 0.25) is 0 Å². The average molecular weight is 329 g/mol. The highest BCUT2D eigenvalue weighted by Crippen LogP contribution is 2.22. The molecular weight excluding hydrogens is 314 g/mol. The molecule has 0 aliphatic rings. The van der Waals surface area contributed by atoms with Crippen molar-refractivity contribution in [2.45, 2.75) is 5.92 Å². The Hall–Kier alpha value is -3.72. The number of nitrogens with zero attached hydrogens (tertiary/aromatic N) is 4. The van der Waals surface area contributed by atoms with Gasteiger partial charge in [0.15, 0.2) is 5.82 Å². The SMILES string of the molecule is N#CC(c1ccccc1)c1cncc(N/N=C/c2ccccc2O)n1. The highest BCUT2D eigenvalue weighted by Gasteiger charge is 2.15. The van der Waals surface area contributed by atoms with E-state index in [0.29, 0.717) is 17.1 Å². The molecule has 0 fully saturated rings. The second-order valence-electron chi connectivity index (χ2n) is 5.23. The predicted molar refractivity (Wildman–Crippen MR) is 95.3 cm³/mol. The molecule has 6 nitrogen and oxygen atoms in total. The van der Waals surface area contributed by atoms with Gasteiger partial charge in [0.2, 0.25) is 0 Å². The van der Waals surface area contributed by atoms with Gasteiger partial charge in [-0.05, 0) is 17.7 Å². The smallest absolute Gasteiger partial charge is 0.165 e. The van der Waals surface area contributed by atoms with Crippen molar-refractivity contribution < 1.29 is 5.11 Å². The number of anilines is 1. The molecule has 6 heteroatoms. The fourth-order valence-corrected chi connectivity index (χ4v) is 2.30. The molecule has 1 heterocycles. The van der Waals surface area contributed by atoms with Gasteiger partial charge in [-0.2, -0.15) is 10.4 Å². The van der Waals surface area contributed by atoms with Gasteiger partial charge in [-0.25, -0.2) is 4.98 Å². The third-order valence-electron chi connectivity index (χ3n) is 3.53. The summed E-state index contributed by atoms with van der Waals surface area (Å²) in [6.45, 7) is 0. The molecule has 122 valence electrons. The summed E-state index contributed by atoms with van der Waals surface area (Å²) in [7, 11) is 0. The number of aromatic hydroxyl groups is 1. The molecule has 2 N–H and O–H groups in total. The Bertz CT molecular complexity index is 918. The first kappa shape index (κ1) is 16.1. The van der Waals surface area contributed by atoms with Crippen LogP contribution in [0.3, 0.4) is 0 Å². The minimum absolute atomic E-state index is 0.140. The van der Waals surface area contributed by atoms with Crippen LogP contribution < -0.4 is 5.43 Å². The van der Waals surface area contributed by atoms with E-state index in [9.17, 15) is 10.4 Å². The third kappa shape index (κ3) is 3.98. The lowest BCUT2D eigenvalue weighted by atomic mass is 9.98. The van der Waals surface area contributed by atoms with E-state index in [0.717, 1.165) is 5.56 Å². The van der Waals surface area contributed by atoms with Gasteiger partial charge in [-0.15, -0.1) is 0 Å². The monoisotopic (exact) mass is 329 g/mol. The summed E-state index contributed by atoms with van der Waals surface area (Å²) in [6.07, 6.45) is 4.58. The largest absolute Gasteiger partial charge is 0.507 e. The Morgan fingerprint density at radius 2 is 1.84 bits per heavy atom. The van der Waals surface area contributed by atoms with Crippen LogP contribution >= 0.6 is 0 Å². The summed E-state index contributed by atoms with van der Waals surface area (Å²) >= 11 is 0. The molecule has 0 saturated carbocycles. The third-order valence-corrected chi connectivity index (χ3v) is 3.53. The molecule has 0 spiro atoms. The molecule has 1 aromatic heterocycles. The Morgan fingerprint density at radius 3 is 2.60 bits per heavy atom. The van der Waals surface area contributed by atoms with Gasteiger partial charge in [0.05, 0.1) is 30.4 Å². The van der Waals surface area contributed by atoms with Gasteiger partial charge >= 0.3 is 0 Å². The van der Waals surface area contributed by atoms with Crippen molar-refractivity contribution in [3.63, 3.8) is 0 Å². The minimum Gasteiger partial charge on any atom is -0.507 e. The van der Waals surface area contributed by atoms with Crippen LogP contribution in [0.25, 0.3) is 0 Å². The van der Waals surface area contributed by atoms with Crippen LogP contribution in [0.5, 0.6) is 5.75 Å². The zero-order valence-corrected chi connectivity index (χ0v) is 13.2. The highest BCUT2D eigenvalue weighted by molar-refractivity contribution is 5.83. The van der Waals surface area contributed by atoms with E-state index in [2.05, 4.69) is 26.6 Å². The van der Waals surface area contributed by atoms with Crippen molar-refractivity contribution in [1.29, 1.82) is 5.26 Å². The van der Waals surface area contributed by atoms with Crippen LogP contribution in [0.4, 0.5) is 5.82 Å². The van der Waals surface area contributed by atoms with Crippen molar-refractivity contribution in [2.24, 2.45) is 5.10 Å². The van der Waals surface area contributed by atoms with Crippen LogP contribution in [0.15, 0.2) is 72.1 Å². The van der Waals surface area contributed by atoms with E-state index >= 15 is 0 Å². The van der Waals surface area contributed by atoms with Crippen molar-refractivity contribution in [2.75, 3.05) is 5.43 Å². The number of phenols is 1. The lowest BCUT2D eigenvalue weighted by molar-refractivity contribution is 0.474. The quantitative estimate of drug-likeness (QED) is 0.553. The maximum Gasteiger partial charge on any atom is 0.165 e. The minimum atomic E-state index is -0.502. The summed E-state index contributed by atoms with van der Waals surface area (Å²) in [5.41, 5.74) is 4.74. The number of phenolic OH excluding ortho intramolecular Hbond substituents is 1. The van der Waals surface area contributed by atoms with E-state index in [-0.39, 0.29) is 5.75 Å². The van der Waals surface area contributed by atoms with Gasteiger partial charge in [0.1, 0.15) is 11.7 Å². The average Bonchev–Trinajstić information content (AvgIpc) is 2.65. The molecule has 0 bridgehead atoms. The van der Waals surface area contributed by atoms with E-state index < -0.39 is 5.92 Å². The standard InChI is InChI=1S/C19H15N5O/c20-10-16(14-6-2-1-3-7-14)17-12-21-13-19(23-17)24-22-11-15-8-4-5-9-18(15)25/h1-9,11-13,16,25H,(H,23,24)/b22-11+. The predicted octanol–water partition coefficient (Wildman–Crippen LogP) is 3.28. The van der Waals surface area contributed by atoms with Gasteiger partial charge in [-0.1, -0.05) is 42.5 Å². The molecule has 25 heavy (non-hydrogen) atoms. The van der Waals surface area contributed by atoms with E-state index in [1.807, 2.05) is 30.3 Å². The van der Waals surface area contributed by atoms with Crippen molar-refractivity contribution in [3.05, 3.63) is 83.8 Å². The number of aromatic nitrogens is 2. The van der Waals surface area contributed by atoms with Gasteiger partial charge in [0.25, 0.3) is 0 Å². The summed E-state index contributed by atoms with van der Waals surface area (Å²) in [6, 6.07) is 18.5. The number of nitriles is 1. The van der Waals surface area contributed by atoms with Gasteiger partial charge in [-0.3, -0.25) is 10.4 Å². The number of hydrogen-bond donors (Lipinski definition) is 2. The van der Waals surface area contributed by atoms with E-state index in [1.54, 1.807) is 30.5 Å². The molecule has 0 radical (unpaired) electrons. The second-order valence-corrected chi connectivity index (χ2v) is 5.23. The molecule has 3 aromatic rings. The molecule has 2 aromatic carbocycles. The van der Waals surface area contributed by atoms with Crippen LogP contribution in [0, 0.1) is 11.3 Å².